The van der Waals surface area contributed by atoms with E-state index in [9.17, 15) is 9.59 Å². The highest BCUT2D eigenvalue weighted by Gasteiger charge is 2.24. The maximum atomic E-state index is 14.0. The Morgan fingerprint density at radius 1 is 0.952 bits per heavy atom. The van der Waals surface area contributed by atoms with Gasteiger partial charge in [0, 0.05) is 68.3 Å². The fourth-order valence-corrected chi connectivity index (χ4v) is 5.66. The molecule has 0 atom stereocenters. The Kier molecular flexibility index (Phi) is 9.63. The largest absolute Gasteiger partial charge is 0.497 e. The third-order valence-corrected chi connectivity index (χ3v) is 7.96. The van der Waals surface area contributed by atoms with Crippen molar-refractivity contribution in [3.05, 3.63) is 53.6 Å². The van der Waals surface area contributed by atoms with Crippen molar-refractivity contribution in [2.24, 2.45) is 0 Å². The number of hydrogen-bond acceptors (Lipinski definition) is 8. The van der Waals surface area contributed by atoms with E-state index in [1.807, 2.05) is 46.2 Å². The van der Waals surface area contributed by atoms with Crippen LogP contribution in [-0.2, 0) is 27.3 Å². The van der Waals surface area contributed by atoms with Crippen LogP contribution in [0.3, 0.4) is 0 Å². The molecule has 0 aliphatic carbocycles. The van der Waals surface area contributed by atoms with Crippen molar-refractivity contribution >= 4 is 28.5 Å². The van der Waals surface area contributed by atoms with Crippen LogP contribution in [0.2, 0.25) is 0 Å². The van der Waals surface area contributed by atoms with Gasteiger partial charge in [-0.2, -0.15) is 0 Å². The molecule has 0 N–H and O–H groups in total. The lowest BCUT2D eigenvalue weighted by molar-refractivity contribution is -0.131. The fraction of sp³-hybridized carbons (Fsp3) is 0.469. The summed E-state index contributed by atoms with van der Waals surface area (Å²) in [4.78, 5) is 37.3. The number of carbonyl (C=O) groups excluding carboxylic acids is 2. The predicted molar refractivity (Wildman–Crippen MR) is 160 cm³/mol. The number of amides is 2. The summed E-state index contributed by atoms with van der Waals surface area (Å²) in [6.07, 6.45) is 2.36. The molecule has 0 bridgehead atoms. The first-order chi connectivity index (χ1) is 20.5. The first kappa shape index (κ1) is 29.4. The Bertz CT molecular complexity index is 1410. The first-order valence-electron chi connectivity index (χ1n) is 14.6. The average Bonchev–Trinajstić information content (AvgIpc) is 3.44. The molecule has 2 saturated heterocycles. The quantitative estimate of drug-likeness (QED) is 0.323. The van der Waals surface area contributed by atoms with Gasteiger partial charge in [0.05, 0.1) is 46.5 Å². The normalized spacial score (nSPS) is 15.3. The SMILES string of the molecule is COc1ccc(OC)c(CC(=O)N(CCCN2CCCC2=O)Cc2cc3ccc(OC)cc3nc2N2CCOCC2)c1. The maximum absolute atomic E-state index is 14.0. The monoisotopic (exact) mass is 576 g/mol. The van der Waals surface area contributed by atoms with Crippen LogP contribution in [-0.4, -0.2) is 93.9 Å². The van der Waals surface area contributed by atoms with Gasteiger partial charge in [0.1, 0.15) is 23.1 Å². The van der Waals surface area contributed by atoms with E-state index in [0.717, 1.165) is 59.7 Å². The van der Waals surface area contributed by atoms with Gasteiger partial charge in [-0.05, 0) is 49.2 Å². The molecule has 224 valence electrons. The number of morpholine rings is 1. The van der Waals surface area contributed by atoms with Crippen molar-refractivity contribution in [2.75, 3.05) is 72.2 Å². The third kappa shape index (κ3) is 6.87. The smallest absolute Gasteiger partial charge is 0.227 e. The zero-order chi connectivity index (χ0) is 29.5. The topological polar surface area (TPSA) is 93.7 Å². The highest BCUT2D eigenvalue weighted by atomic mass is 16.5. The van der Waals surface area contributed by atoms with Gasteiger partial charge in [0.25, 0.3) is 0 Å². The summed E-state index contributed by atoms with van der Waals surface area (Å²) in [7, 11) is 4.86. The van der Waals surface area contributed by atoms with Crippen LogP contribution < -0.4 is 19.1 Å². The van der Waals surface area contributed by atoms with Crippen LogP contribution >= 0.6 is 0 Å². The lowest BCUT2D eigenvalue weighted by Crippen LogP contribution is -2.39. The summed E-state index contributed by atoms with van der Waals surface area (Å²) in [5.74, 6) is 3.07. The van der Waals surface area contributed by atoms with Crippen LogP contribution in [0.1, 0.15) is 30.4 Å². The second-order valence-corrected chi connectivity index (χ2v) is 10.6. The molecule has 3 heterocycles. The van der Waals surface area contributed by atoms with Crippen LogP contribution in [0.5, 0.6) is 17.2 Å². The summed E-state index contributed by atoms with van der Waals surface area (Å²) >= 11 is 0. The van der Waals surface area contributed by atoms with E-state index in [1.54, 1.807) is 21.3 Å². The number of anilines is 1. The van der Waals surface area contributed by atoms with E-state index in [2.05, 4.69) is 11.0 Å². The number of fused-ring (bicyclic) bond motifs is 1. The molecule has 0 saturated carbocycles. The minimum absolute atomic E-state index is 0.0305. The number of rotatable bonds is 12. The zero-order valence-corrected chi connectivity index (χ0v) is 24.8. The molecule has 1 aromatic heterocycles. The number of hydrogen-bond donors (Lipinski definition) is 0. The second-order valence-electron chi connectivity index (χ2n) is 10.6. The lowest BCUT2D eigenvalue weighted by Gasteiger charge is -2.32. The van der Waals surface area contributed by atoms with Crippen molar-refractivity contribution < 1.29 is 28.5 Å². The summed E-state index contributed by atoms with van der Waals surface area (Å²) in [5.41, 5.74) is 2.57. The number of ether oxygens (including phenoxy) is 4. The van der Waals surface area contributed by atoms with Crippen molar-refractivity contribution in [2.45, 2.75) is 32.2 Å². The average molecular weight is 577 g/mol. The number of pyridine rings is 1. The Labute approximate surface area is 247 Å². The molecule has 42 heavy (non-hydrogen) atoms. The highest BCUT2D eigenvalue weighted by Crippen LogP contribution is 2.29. The maximum Gasteiger partial charge on any atom is 0.227 e. The van der Waals surface area contributed by atoms with Gasteiger partial charge < -0.3 is 33.6 Å². The van der Waals surface area contributed by atoms with E-state index in [0.29, 0.717) is 57.2 Å². The molecule has 5 rings (SSSR count). The van der Waals surface area contributed by atoms with Gasteiger partial charge in [0.15, 0.2) is 0 Å². The van der Waals surface area contributed by atoms with Crippen molar-refractivity contribution in [1.29, 1.82) is 0 Å². The van der Waals surface area contributed by atoms with Crippen LogP contribution in [0, 0.1) is 0 Å². The summed E-state index contributed by atoms with van der Waals surface area (Å²) in [6, 6.07) is 13.5. The van der Waals surface area contributed by atoms with Gasteiger partial charge in [-0.15, -0.1) is 0 Å². The molecule has 0 unspecified atom stereocenters. The number of aromatic nitrogens is 1. The Morgan fingerprint density at radius 3 is 2.43 bits per heavy atom. The lowest BCUT2D eigenvalue weighted by atomic mass is 10.1. The van der Waals surface area contributed by atoms with Gasteiger partial charge >= 0.3 is 0 Å². The minimum atomic E-state index is -0.0305. The van der Waals surface area contributed by atoms with Crippen LogP contribution in [0.4, 0.5) is 5.82 Å². The molecule has 2 aliphatic rings. The molecule has 2 aromatic carbocycles. The van der Waals surface area contributed by atoms with E-state index in [1.165, 1.54) is 0 Å². The van der Waals surface area contributed by atoms with Crippen LogP contribution in [0.15, 0.2) is 42.5 Å². The van der Waals surface area contributed by atoms with Gasteiger partial charge in [-0.25, -0.2) is 4.98 Å². The van der Waals surface area contributed by atoms with Gasteiger partial charge in [-0.1, -0.05) is 0 Å². The Morgan fingerprint density at radius 2 is 1.71 bits per heavy atom. The molecule has 2 amide bonds. The predicted octanol–water partition coefficient (Wildman–Crippen LogP) is 3.68. The van der Waals surface area contributed by atoms with E-state index in [4.69, 9.17) is 23.9 Å². The van der Waals surface area contributed by atoms with Gasteiger partial charge in [-0.3, -0.25) is 9.59 Å². The van der Waals surface area contributed by atoms with Crippen LogP contribution in [0.25, 0.3) is 10.9 Å². The summed E-state index contributed by atoms with van der Waals surface area (Å²) in [5, 5.41) is 0.979. The summed E-state index contributed by atoms with van der Waals surface area (Å²) < 4.78 is 22.0. The number of methoxy groups -OCH3 is 3. The number of likely N-dealkylation sites (tertiary alicyclic amines) is 1. The van der Waals surface area contributed by atoms with E-state index >= 15 is 0 Å². The number of carbonyl (C=O) groups is 2. The molecule has 10 heteroatoms. The van der Waals surface area contributed by atoms with Crippen molar-refractivity contribution in [1.82, 2.24) is 14.8 Å². The molecule has 2 fully saturated rings. The number of nitrogens with zero attached hydrogens (tertiary/aromatic N) is 4. The van der Waals surface area contributed by atoms with Gasteiger partial charge in [0.2, 0.25) is 11.8 Å². The molecule has 10 nitrogen and oxygen atoms in total. The molecule has 0 spiro atoms. The van der Waals surface area contributed by atoms with Crippen molar-refractivity contribution in [3.63, 3.8) is 0 Å². The fourth-order valence-electron chi connectivity index (χ4n) is 5.66. The minimum Gasteiger partial charge on any atom is -0.497 e. The molecule has 2 aliphatic heterocycles. The summed E-state index contributed by atoms with van der Waals surface area (Å²) in [6.45, 7) is 5.02. The van der Waals surface area contributed by atoms with E-state index in [-0.39, 0.29) is 18.2 Å². The first-order valence-corrected chi connectivity index (χ1v) is 14.6. The molecule has 0 radical (unpaired) electrons. The molecular weight excluding hydrogens is 536 g/mol. The Balaban J connectivity index is 1.46. The molecular formula is C32H40N4O6. The number of benzene rings is 2. The second kappa shape index (κ2) is 13.7. The highest BCUT2D eigenvalue weighted by molar-refractivity contribution is 5.84. The zero-order valence-electron chi connectivity index (χ0n) is 24.8. The van der Waals surface area contributed by atoms with Crippen molar-refractivity contribution in [3.8, 4) is 17.2 Å². The standard InChI is InChI=1S/C32H40N4O6/c1-39-26-9-10-29(41-3)24(19-26)20-31(38)36(13-5-12-34-11-4-6-30(34)37)22-25-18-23-7-8-27(40-2)21-28(23)33-32(25)35-14-16-42-17-15-35/h7-10,18-19,21H,4-6,11-17,20,22H2,1-3H3. The van der Waals surface area contributed by atoms with E-state index < -0.39 is 0 Å². The Hall–Kier alpha value is -4.05. The third-order valence-electron chi connectivity index (χ3n) is 7.96. The molecule has 3 aromatic rings.